The van der Waals surface area contributed by atoms with Crippen LogP contribution in [0.25, 0.3) is 0 Å². The van der Waals surface area contributed by atoms with Gasteiger partial charge in [0.1, 0.15) is 5.69 Å². The molecular formula is C15H19N3O3. The molecule has 2 aliphatic rings. The number of rotatable bonds is 3. The summed E-state index contributed by atoms with van der Waals surface area (Å²) in [5, 5.41) is 17.3. The molecule has 1 heterocycles. The van der Waals surface area contributed by atoms with E-state index < -0.39 is 0 Å². The Morgan fingerprint density at radius 3 is 2.81 bits per heavy atom. The van der Waals surface area contributed by atoms with Gasteiger partial charge in [-0.25, -0.2) is 0 Å². The van der Waals surface area contributed by atoms with Gasteiger partial charge in [-0.05, 0) is 36.3 Å². The molecule has 1 aliphatic heterocycles. The highest BCUT2D eigenvalue weighted by Crippen LogP contribution is 2.41. The largest absolute Gasteiger partial charge is 0.377 e. The molecule has 2 N–H and O–H groups in total. The first kappa shape index (κ1) is 13.9. The second-order valence-corrected chi connectivity index (χ2v) is 6.76. The van der Waals surface area contributed by atoms with Crippen molar-refractivity contribution in [2.45, 2.75) is 45.6 Å². The number of anilines is 2. The summed E-state index contributed by atoms with van der Waals surface area (Å²) in [5.74, 6) is -0.113. The lowest BCUT2D eigenvalue weighted by Crippen LogP contribution is -2.18. The first-order valence-electron chi connectivity index (χ1n) is 7.22. The molecule has 112 valence electrons. The fourth-order valence-corrected chi connectivity index (χ4v) is 3.31. The molecular weight excluding hydrogens is 270 g/mol. The normalized spacial score (nSPS) is 22.8. The van der Waals surface area contributed by atoms with Gasteiger partial charge in [-0.15, -0.1) is 0 Å². The van der Waals surface area contributed by atoms with E-state index in [1.54, 1.807) is 6.07 Å². The Kier molecular flexibility index (Phi) is 3.11. The van der Waals surface area contributed by atoms with Crippen molar-refractivity contribution in [3.63, 3.8) is 0 Å². The van der Waals surface area contributed by atoms with Crippen LogP contribution < -0.4 is 10.6 Å². The first-order chi connectivity index (χ1) is 9.84. The summed E-state index contributed by atoms with van der Waals surface area (Å²) < 4.78 is 0. The minimum Gasteiger partial charge on any atom is -0.377 e. The zero-order chi connectivity index (χ0) is 15.2. The molecule has 0 bridgehead atoms. The molecule has 1 amide bonds. The van der Waals surface area contributed by atoms with Gasteiger partial charge in [0.15, 0.2) is 0 Å². The molecule has 0 radical (unpaired) electrons. The van der Waals surface area contributed by atoms with Gasteiger partial charge in [0.2, 0.25) is 5.91 Å². The average molecular weight is 289 g/mol. The number of amides is 1. The summed E-state index contributed by atoms with van der Waals surface area (Å²) in [6.45, 7) is 4.43. The van der Waals surface area contributed by atoms with Crippen LogP contribution in [-0.4, -0.2) is 16.9 Å². The molecule has 6 nitrogen and oxygen atoms in total. The summed E-state index contributed by atoms with van der Waals surface area (Å²) in [6, 6.07) is 3.45. The number of carbonyl (C=O) groups is 1. The van der Waals surface area contributed by atoms with E-state index in [0.29, 0.717) is 16.9 Å². The minimum absolute atomic E-state index is 0.0509. The van der Waals surface area contributed by atoms with Crippen LogP contribution in [0.5, 0.6) is 0 Å². The molecule has 1 unspecified atom stereocenters. The molecule has 0 aromatic heterocycles. The third kappa shape index (κ3) is 2.70. The maximum atomic E-state index is 11.4. The van der Waals surface area contributed by atoms with Crippen LogP contribution in [0.2, 0.25) is 0 Å². The maximum absolute atomic E-state index is 11.4. The van der Waals surface area contributed by atoms with Gasteiger partial charge in [0.25, 0.3) is 5.69 Å². The number of nitro groups is 1. The highest BCUT2D eigenvalue weighted by molar-refractivity contribution is 6.00. The molecule has 1 aliphatic carbocycles. The van der Waals surface area contributed by atoms with Crippen molar-refractivity contribution in [1.82, 2.24) is 0 Å². The summed E-state index contributed by atoms with van der Waals surface area (Å²) in [7, 11) is 0. The summed E-state index contributed by atoms with van der Waals surface area (Å²) >= 11 is 0. The van der Waals surface area contributed by atoms with Crippen molar-refractivity contribution >= 4 is 23.0 Å². The molecule has 0 spiro atoms. The van der Waals surface area contributed by atoms with E-state index in [-0.39, 0.29) is 34.4 Å². The van der Waals surface area contributed by atoms with Crippen LogP contribution >= 0.6 is 0 Å². The maximum Gasteiger partial charge on any atom is 0.292 e. The quantitative estimate of drug-likeness (QED) is 0.661. The van der Waals surface area contributed by atoms with Crippen molar-refractivity contribution in [2.75, 3.05) is 10.6 Å². The van der Waals surface area contributed by atoms with E-state index >= 15 is 0 Å². The number of nitro benzene ring substituents is 1. The van der Waals surface area contributed by atoms with Crippen molar-refractivity contribution in [3.8, 4) is 0 Å². The first-order valence-corrected chi connectivity index (χ1v) is 7.22. The van der Waals surface area contributed by atoms with E-state index in [0.717, 1.165) is 19.3 Å². The minimum atomic E-state index is -0.383. The van der Waals surface area contributed by atoms with Crippen molar-refractivity contribution in [3.05, 3.63) is 27.8 Å². The molecule has 3 rings (SSSR count). The highest BCUT2D eigenvalue weighted by Gasteiger charge is 2.32. The molecule has 6 heteroatoms. The van der Waals surface area contributed by atoms with Gasteiger partial charge in [-0.3, -0.25) is 14.9 Å². The Labute approximate surface area is 123 Å². The van der Waals surface area contributed by atoms with Crippen LogP contribution in [0.4, 0.5) is 17.1 Å². The molecule has 1 aromatic carbocycles. The van der Waals surface area contributed by atoms with Crippen LogP contribution in [0, 0.1) is 15.5 Å². The van der Waals surface area contributed by atoms with Crippen molar-refractivity contribution < 1.29 is 9.72 Å². The summed E-state index contributed by atoms with van der Waals surface area (Å²) in [6.07, 6.45) is 3.33. The Morgan fingerprint density at radius 1 is 1.43 bits per heavy atom. The van der Waals surface area contributed by atoms with Crippen molar-refractivity contribution in [1.29, 1.82) is 0 Å². The fraction of sp³-hybridized carbons (Fsp3) is 0.533. The third-order valence-corrected chi connectivity index (χ3v) is 4.37. The molecule has 1 fully saturated rings. The Morgan fingerprint density at radius 2 is 2.19 bits per heavy atom. The number of nitrogens with one attached hydrogen (secondary N) is 2. The van der Waals surface area contributed by atoms with Gasteiger partial charge in [-0.1, -0.05) is 13.8 Å². The lowest BCUT2D eigenvalue weighted by molar-refractivity contribution is -0.384. The average Bonchev–Trinajstić information content (AvgIpc) is 2.89. The molecule has 1 aromatic rings. The van der Waals surface area contributed by atoms with E-state index in [1.165, 1.54) is 6.07 Å². The van der Waals surface area contributed by atoms with Crippen LogP contribution in [0.3, 0.4) is 0 Å². The van der Waals surface area contributed by atoms with Crippen LogP contribution in [0.1, 0.15) is 38.7 Å². The number of fused-ring (bicyclic) bond motifs is 1. The zero-order valence-corrected chi connectivity index (χ0v) is 12.2. The Balaban J connectivity index is 1.89. The van der Waals surface area contributed by atoms with Gasteiger partial charge in [0.05, 0.1) is 11.3 Å². The second-order valence-electron chi connectivity index (χ2n) is 6.76. The number of carbonyl (C=O) groups excluding carboxylic acids is 1. The van der Waals surface area contributed by atoms with Gasteiger partial charge < -0.3 is 10.6 Å². The van der Waals surface area contributed by atoms with Crippen LogP contribution in [0.15, 0.2) is 12.1 Å². The smallest absolute Gasteiger partial charge is 0.292 e. The Hall–Kier alpha value is -2.11. The van der Waals surface area contributed by atoms with Gasteiger partial charge in [0, 0.05) is 17.8 Å². The van der Waals surface area contributed by atoms with Gasteiger partial charge >= 0.3 is 0 Å². The highest BCUT2D eigenvalue weighted by atomic mass is 16.6. The zero-order valence-electron chi connectivity index (χ0n) is 12.2. The lowest BCUT2D eigenvalue weighted by atomic mass is 9.92. The van der Waals surface area contributed by atoms with Crippen LogP contribution in [-0.2, 0) is 11.2 Å². The lowest BCUT2D eigenvalue weighted by Gasteiger charge is -2.19. The molecule has 1 atom stereocenters. The summed E-state index contributed by atoms with van der Waals surface area (Å²) in [5.41, 5.74) is 2.21. The topological polar surface area (TPSA) is 84.3 Å². The number of benzene rings is 1. The van der Waals surface area contributed by atoms with E-state index in [4.69, 9.17) is 0 Å². The second kappa shape index (κ2) is 4.72. The standard InChI is InChI=1S/C15H19N3O3/c1-15(2)4-3-10(8-15)16-12-7-11-9(6-14(19)17-11)5-13(12)18(20)21/h5,7,10,16H,3-4,6,8H2,1-2H3,(H,17,19). The molecule has 0 saturated heterocycles. The van der Waals surface area contributed by atoms with E-state index in [2.05, 4.69) is 24.5 Å². The van der Waals surface area contributed by atoms with E-state index in [9.17, 15) is 14.9 Å². The number of nitrogens with zero attached hydrogens (tertiary/aromatic N) is 1. The predicted octanol–water partition coefficient (Wildman–Crippen LogP) is 3.08. The van der Waals surface area contributed by atoms with Crippen molar-refractivity contribution in [2.24, 2.45) is 5.41 Å². The number of hydrogen-bond acceptors (Lipinski definition) is 4. The molecule has 1 saturated carbocycles. The predicted molar refractivity (Wildman–Crippen MR) is 80.5 cm³/mol. The monoisotopic (exact) mass is 289 g/mol. The van der Waals surface area contributed by atoms with Gasteiger partial charge in [-0.2, -0.15) is 0 Å². The molecule has 21 heavy (non-hydrogen) atoms. The SMILES string of the molecule is CC1(C)CCC(Nc2cc3c(cc2[N+](=O)[O-])CC(=O)N3)C1. The Bertz CT molecular complexity index is 625. The van der Waals surface area contributed by atoms with E-state index in [1.807, 2.05) is 0 Å². The third-order valence-electron chi connectivity index (χ3n) is 4.37. The number of hydrogen-bond donors (Lipinski definition) is 2. The summed E-state index contributed by atoms with van der Waals surface area (Å²) in [4.78, 5) is 22.3. The fourth-order valence-electron chi connectivity index (χ4n) is 3.31.